The summed E-state index contributed by atoms with van der Waals surface area (Å²) < 4.78 is 32.7. The van der Waals surface area contributed by atoms with Gasteiger partial charge in [-0.3, -0.25) is 4.79 Å². The maximum absolute atomic E-state index is 13.1. The van der Waals surface area contributed by atoms with Crippen LogP contribution in [0.3, 0.4) is 0 Å². The predicted octanol–water partition coefficient (Wildman–Crippen LogP) is 4.55. The first-order chi connectivity index (χ1) is 15.4. The number of sulfonamides is 1. The second kappa shape index (κ2) is 8.76. The van der Waals surface area contributed by atoms with E-state index in [0.717, 1.165) is 12.0 Å². The van der Waals surface area contributed by atoms with Crippen molar-refractivity contribution in [2.45, 2.75) is 25.2 Å². The summed E-state index contributed by atoms with van der Waals surface area (Å²) in [7, 11) is -2.37. The Bertz CT molecular complexity index is 1280. The lowest BCUT2D eigenvalue weighted by atomic mass is 10.1. The van der Waals surface area contributed by atoms with Gasteiger partial charge < -0.3 is 10.1 Å². The van der Waals surface area contributed by atoms with Crippen LogP contribution in [0, 0.1) is 0 Å². The van der Waals surface area contributed by atoms with Gasteiger partial charge in [0.05, 0.1) is 7.11 Å². The van der Waals surface area contributed by atoms with Gasteiger partial charge in [0.2, 0.25) is 10.0 Å². The third-order valence-electron chi connectivity index (χ3n) is 5.80. The highest BCUT2D eigenvalue weighted by atomic mass is 32.2. The zero-order chi connectivity index (χ0) is 22.9. The van der Waals surface area contributed by atoms with E-state index in [1.165, 1.54) is 40.2 Å². The minimum absolute atomic E-state index is 0.0132. The second-order valence-corrected chi connectivity index (χ2v) is 9.52. The van der Waals surface area contributed by atoms with Crippen molar-refractivity contribution < 1.29 is 17.9 Å². The summed E-state index contributed by atoms with van der Waals surface area (Å²) >= 11 is 0. The summed E-state index contributed by atoms with van der Waals surface area (Å²) in [6, 6.07) is 18.6. The van der Waals surface area contributed by atoms with Crippen LogP contribution in [0.25, 0.3) is 11.1 Å². The number of carbonyl (C=O) groups is 1. The molecule has 0 aliphatic heterocycles. The van der Waals surface area contributed by atoms with E-state index in [2.05, 4.69) is 17.4 Å². The number of hydrogen-bond acceptors (Lipinski definition) is 4. The van der Waals surface area contributed by atoms with Gasteiger partial charge in [-0.1, -0.05) is 44.2 Å². The molecule has 0 heterocycles. The van der Waals surface area contributed by atoms with Crippen LogP contribution in [0.15, 0.2) is 65.6 Å². The van der Waals surface area contributed by atoms with Crippen LogP contribution >= 0.6 is 0 Å². The minimum atomic E-state index is -3.78. The number of nitrogens with zero attached hydrogens (tertiary/aromatic N) is 1. The van der Waals surface area contributed by atoms with E-state index in [-0.39, 0.29) is 22.1 Å². The van der Waals surface area contributed by atoms with E-state index in [9.17, 15) is 13.2 Å². The number of amides is 1. The van der Waals surface area contributed by atoms with Gasteiger partial charge >= 0.3 is 0 Å². The maximum atomic E-state index is 13.1. The largest absolute Gasteiger partial charge is 0.495 e. The van der Waals surface area contributed by atoms with E-state index in [1.807, 2.05) is 30.3 Å². The van der Waals surface area contributed by atoms with Crippen molar-refractivity contribution in [1.82, 2.24) is 4.31 Å². The van der Waals surface area contributed by atoms with Gasteiger partial charge in [0.25, 0.3) is 5.91 Å². The van der Waals surface area contributed by atoms with Crippen molar-refractivity contribution in [3.05, 3.63) is 77.4 Å². The summed E-state index contributed by atoms with van der Waals surface area (Å²) in [5.41, 5.74) is 5.75. The average Bonchev–Trinajstić information content (AvgIpc) is 3.17. The minimum Gasteiger partial charge on any atom is -0.495 e. The molecule has 7 heteroatoms. The molecule has 1 aliphatic rings. The zero-order valence-electron chi connectivity index (χ0n) is 18.4. The molecule has 0 fully saturated rings. The van der Waals surface area contributed by atoms with Crippen molar-refractivity contribution in [2.24, 2.45) is 0 Å². The fourth-order valence-electron chi connectivity index (χ4n) is 4.15. The fraction of sp³-hybridized carbons (Fsp3) is 0.240. The lowest BCUT2D eigenvalue weighted by Crippen LogP contribution is -2.31. The van der Waals surface area contributed by atoms with Gasteiger partial charge in [0.15, 0.2) is 0 Å². The molecule has 32 heavy (non-hydrogen) atoms. The highest BCUT2D eigenvalue weighted by Gasteiger charge is 2.27. The first-order valence-corrected chi connectivity index (χ1v) is 12.0. The number of ether oxygens (including phenoxy) is 1. The van der Waals surface area contributed by atoms with Gasteiger partial charge in [0.1, 0.15) is 10.6 Å². The Kier molecular flexibility index (Phi) is 6.04. The van der Waals surface area contributed by atoms with Crippen LogP contribution < -0.4 is 10.1 Å². The lowest BCUT2D eigenvalue weighted by molar-refractivity contribution is 0.102. The van der Waals surface area contributed by atoms with Crippen LogP contribution in [0.1, 0.15) is 35.3 Å². The van der Waals surface area contributed by atoms with Gasteiger partial charge in [-0.25, -0.2) is 8.42 Å². The first-order valence-electron chi connectivity index (χ1n) is 10.6. The summed E-state index contributed by atoms with van der Waals surface area (Å²) in [5, 5.41) is 2.90. The topological polar surface area (TPSA) is 75.7 Å². The Morgan fingerprint density at radius 3 is 2.41 bits per heavy atom. The molecule has 0 saturated carbocycles. The van der Waals surface area contributed by atoms with Crippen LogP contribution in [-0.4, -0.2) is 38.8 Å². The summed E-state index contributed by atoms with van der Waals surface area (Å²) in [6.45, 7) is 4.21. The Balaban J connectivity index is 1.62. The van der Waals surface area contributed by atoms with E-state index in [0.29, 0.717) is 18.8 Å². The number of carbonyl (C=O) groups excluding carboxylic acids is 1. The number of anilines is 1. The molecular formula is C25H26N2O4S. The average molecular weight is 451 g/mol. The highest BCUT2D eigenvalue weighted by Crippen LogP contribution is 2.37. The standard InChI is InChI=1S/C25H26N2O4S/c1-4-27(5-2)32(29,30)24-16-18(10-13-23(24)31-3)25(28)26-20-11-12-22-19(15-20)14-17-8-6-7-9-21(17)22/h6-13,15-16H,4-5,14H2,1-3H3,(H,26,28). The number of fused-ring (bicyclic) bond motifs is 3. The lowest BCUT2D eigenvalue weighted by Gasteiger charge is -2.20. The van der Waals surface area contributed by atoms with E-state index < -0.39 is 10.0 Å². The SMILES string of the molecule is CCN(CC)S(=O)(=O)c1cc(C(=O)Nc2ccc3c(c2)Cc2ccccc2-3)ccc1OC. The molecule has 0 saturated heterocycles. The summed E-state index contributed by atoms with van der Waals surface area (Å²) in [6.07, 6.45) is 0.823. The molecule has 0 radical (unpaired) electrons. The van der Waals surface area contributed by atoms with E-state index in [4.69, 9.17) is 4.74 Å². The molecule has 1 aliphatic carbocycles. The third kappa shape index (κ3) is 3.89. The number of hydrogen-bond donors (Lipinski definition) is 1. The Morgan fingerprint density at radius 1 is 0.969 bits per heavy atom. The molecule has 166 valence electrons. The van der Waals surface area contributed by atoms with Gasteiger partial charge in [-0.2, -0.15) is 4.31 Å². The molecule has 1 amide bonds. The predicted molar refractivity (Wildman–Crippen MR) is 126 cm³/mol. The van der Waals surface area contributed by atoms with Crippen LogP contribution in [-0.2, 0) is 16.4 Å². The monoisotopic (exact) mass is 450 g/mol. The molecule has 0 unspecified atom stereocenters. The number of rotatable bonds is 7. The number of nitrogens with one attached hydrogen (secondary N) is 1. The quantitative estimate of drug-likeness (QED) is 0.448. The third-order valence-corrected chi connectivity index (χ3v) is 7.87. The van der Waals surface area contributed by atoms with Crippen molar-refractivity contribution in [1.29, 1.82) is 0 Å². The molecule has 3 aromatic rings. The Morgan fingerprint density at radius 2 is 1.69 bits per heavy atom. The Hall–Kier alpha value is -3.16. The van der Waals surface area contributed by atoms with Crippen molar-refractivity contribution in [2.75, 3.05) is 25.5 Å². The summed E-state index contributed by atoms with van der Waals surface area (Å²) in [4.78, 5) is 12.9. The van der Waals surface area contributed by atoms with Crippen molar-refractivity contribution in [3.63, 3.8) is 0 Å². The zero-order valence-corrected chi connectivity index (χ0v) is 19.2. The number of benzene rings is 3. The smallest absolute Gasteiger partial charge is 0.255 e. The Labute approximate surface area is 188 Å². The normalized spacial score (nSPS) is 12.4. The molecular weight excluding hydrogens is 424 g/mol. The van der Waals surface area contributed by atoms with E-state index in [1.54, 1.807) is 19.9 Å². The van der Waals surface area contributed by atoms with Crippen LogP contribution in [0.4, 0.5) is 5.69 Å². The van der Waals surface area contributed by atoms with Gasteiger partial charge in [-0.15, -0.1) is 0 Å². The first kappa shape index (κ1) is 22.0. The molecule has 0 spiro atoms. The van der Waals surface area contributed by atoms with E-state index >= 15 is 0 Å². The van der Waals surface area contributed by atoms with Crippen LogP contribution in [0.2, 0.25) is 0 Å². The van der Waals surface area contributed by atoms with Crippen molar-refractivity contribution >= 4 is 21.6 Å². The highest BCUT2D eigenvalue weighted by molar-refractivity contribution is 7.89. The second-order valence-electron chi connectivity index (χ2n) is 7.61. The molecule has 0 aromatic heterocycles. The molecule has 0 atom stereocenters. The number of methoxy groups -OCH3 is 1. The molecule has 6 nitrogen and oxygen atoms in total. The molecule has 4 rings (SSSR count). The summed E-state index contributed by atoms with van der Waals surface area (Å²) in [5.74, 6) is -0.164. The fourth-order valence-corrected chi connectivity index (χ4v) is 5.79. The molecule has 3 aromatic carbocycles. The van der Waals surface area contributed by atoms with Crippen molar-refractivity contribution in [3.8, 4) is 16.9 Å². The molecule has 0 bridgehead atoms. The molecule has 1 N–H and O–H groups in total. The van der Waals surface area contributed by atoms with Crippen LogP contribution in [0.5, 0.6) is 5.75 Å². The maximum Gasteiger partial charge on any atom is 0.255 e. The van der Waals surface area contributed by atoms with Gasteiger partial charge in [-0.05, 0) is 59.0 Å². The van der Waals surface area contributed by atoms with Gasteiger partial charge in [0, 0.05) is 24.3 Å².